The van der Waals surface area contributed by atoms with E-state index in [1.54, 1.807) is 19.1 Å². The van der Waals surface area contributed by atoms with Crippen molar-refractivity contribution in [3.8, 4) is 17.2 Å². The van der Waals surface area contributed by atoms with Crippen molar-refractivity contribution in [2.45, 2.75) is 19.6 Å². The standard InChI is InChI=1S/C26H17Cl2F3N2O6S/c1-2-38-22-9-14(3-7-21(22)39-20-8-5-16(26(29,30)31)11-19(20)33(36)37)10-23-24(34)32(25(35)40-23)13-15-4-6-17(27)12-18(15)28/h3-12H,2,13H2,1H3/b23-10+. The third kappa shape index (κ3) is 6.52. The molecule has 1 fully saturated rings. The molecule has 0 atom stereocenters. The molecule has 0 radical (unpaired) electrons. The van der Waals surface area contributed by atoms with Crippen molar-refractivity contribution in [3.63, 3.8) is 0 Å². The van der Waals surface area contributed by atoms with Gasteiger partial charge in [-0.05, 0) is 72.3 Å². The van der Waals surface area contributed by atoms with Crippen molar-refractivity contribution >= 4 is 57.9 Å². The van der Waals surface area contributed by atoms with Gasteiger partial charge in [0, 0.05) is 16.1 Å². The van der Waals surface area contributed by atoms with Gasteiger partial charge < -0.3 is 9.47 Å². The smallest absolute Gasteiger partial charge is 0.416 e. The number of carbonyl (C=O) groups is 2. The molecule has 0 N–H and O–H groups in total. The number of carbonyl (C=O) groups excluding carboxylic acids is 2. The monoisotopic (exact) mass is 612 g/mol. The normalized spacial score (nSPS) is 14.7. The highest BCUT2D eigenvalue weighted by Crippen LogP contribution is 2.41. The lowest BCUT2D eigenvalue weighted by molar-refractivity contribution is -0.385. The molecule has 4 rings (SSSR count). The average molecular weight is 613 g/mol. The van der Waals surface area contributed by atoms with E-state index in [1.807, 2.05) is 0 Å². The van der Waals surface area contributed by atoms with Gasteiger partial charge >= 0.3 is 11.9 Å². The van der Waals surface area contributed by atoms with Gasteiger partial charge in [0.1, 0.15) is 0 Å². The molecule has 208 valence electrons. The first-order valence-electron chi connectivity index (χ1n) is 11.4. The Bertz CT molecular complexity index is 1550. The second-order valence-electron chi connectivity index (χ2n) is 8.18. The van der Waals surface area contributed by atoms with E-state index >= 15 is 0 Å². The lowest BCUT2D eigenvalue weighted by Gasteiger charge is -2.14. The van der Waals surface area contributed by atoms with Gasteiger partial charge in [-0.2, -0.15) is 13.2 Å². The maximum Gasteiger partial charge on any atom is 0.416 e. The third-order valence-corrected chi connectivity index (χ3v) is 6.98. The van der Waals surface area contributed by atoms with Gasteiger partial charge in [-0.3, -0.25) is 24.6 Å². The minimum absolute atomic E-state index is 0.00709. The fourth-order valence-corrected chi connectivity index (χ4v) is 4.92. The molecule has 1 heterocycles. The average Bonchev–Trinajstić information content (AvgIpc) is 3.13. The first-order chi connectivity index (χ1) is 18.9. The Labute approximate surface area is 239 Å². The molecular weight excluding hydrogens is 596 g/mol. The minimum atomic E-state index is -4.78. The maximum atomic E-state index is 13.0. The lowest BCUT2D eigenvalue weighted by atomic mass is 10.1. The van der Waals surface area contributed by atoms with Crippen LogP contribution in [0.15, 0.2) is 59.5 Å². The number of benzene rings is 3. The van der Waals surface area contributed by atoms with Crippen molar-refractivity contribution in [2.24, 2.45) is 0 Å². The van der Waals surface area contributed by atoms with Crippen LogP contribution in [0.5, 0.6) is 17.2 Å². The van der Waals surface area contributed by atoms with Crippen LogP contribution in [0.3, 0.4) is 0 Å². The number of nitro groups is 1. The van der Waals surface area contributed by atoms with Crippen LogP contribution in [-0.4, -0.2) is 27.6 Å². The van der Waals surface area contributed by atoms with Crippen LogP contribution in [0, 0.1) is 10.1 Å². The Balaban J connectivity index is 1.60. The lowest BCUT2D eigenvalue weighted by Crippen LogP contribution is -2.27. The largest absolute Gasteiger partial charge is 0.490 e. The van der Waals surface area contributed by atoms with E-state index in [2.05, 4.69) is 0 Å². The summed E-state index contributed by atoms with van der Waals surface area (Å²) in [6.07, 6.45) is -3.32. The first kappa shape index (κ1) is 29.2. The van der Waals surface area contributed by atoms with Crippen molar-refractivity contribution in [1.29, 1.82) is 0 Å². The summed E-state index contributed by atoms with van der Waals surface area (Å²) in [6.45, 7) is 1.78. The van der Waals surface area contributed by atoms with Gasteiger partial charge in [-0.25, -0.2) is 0 Å². The highest BCUT2D eigenvalue weighted by Gasteiger charge is 2.36. The van der Waals surface area contributed by atoms with E-state index in [0.717, 1.165) is 22.7 Å². The maximum absolute atomic E-state index is 13.0. The van der Waals surface area contributed by atoms with Crippen LogP contribution in [0.25, 0.3) is 6.08 Å². The number of hydrogen-bond acceptors (Lipinski definition) is 7. The molecule has 1 saturated heterocycles. The Morgan fingerprint density at radius 2 is 1.75 bits per heavy atom. The summed E-state index contributed by atoms with van der Waals surface area (Å²) in [7, 11) is 0. The predicted octanol–water partition coefficient (Wildman–Crippen LogP) is 8.35. The number of thioether (sulfide) groups is 1. The Hall–Kier alpha value is -3.74. The first-order valence-corrected chi connectivity index (χ1v) is 12.9. The zero-order valence-corrected chi connectivity index (χ0v) is 22.7. The summed E-state index contributed by atoms with van der Waals surface area (Å²) in [5.41, 5.74) is -1.10. The molecule has 3 aromatic rings. The minimum Gasteiger partial charge on any atom is -0.490 e. The molecule has 0 aliphatic carbocycles. The summed E-state index contributed by atoms with van der Waals surface area (Å²) in [4.78, 5) is 37.1. The van der Waals surface area contributed by atoms with Crippen LogP contribution < -0.4 is 9.47 Å². The molecule has 8 nitrogen and oxygen atoms in total. The molecule has 2 amide bonds. The third-order valence-electron chi connectivity index (χ3n) is 5.49. The number of halogens is 5. The number of nitro benzene ring substituents is 1. The van der Waals surface area contributed by atoms with Gasteiger partial charge in [-0.1, -0.05) is 35.3 Å². The fraction of sp³-hybridized carbons (Fsp3) is 0.154. The van der Waals surface area contributed by atoms with E-state index in [9.17, 15) is 32.9 Å². The van der Waals surface area contributed by atoms with Gasteiger partial charge in [0.2, 0.25) is 5.75 Å². The summed E-state index contributed by atoms with van der Waals surface area (Å²) in [5, 5.41) is 11.6. The molecule has 14 heteroatoms. The van der Waals surface area contributed by atoms with Gasteiger partial charge in [0.15, 0.2) is 11.5 Å². The van der Waals surface area contributed by atoms with Gasteiger partial charge in [-0.15, -0.1) is 0 Å². The summed E-state index contributed by atoms with van der Waals surface area (Å²) >= 11 is 12.8. The number of alkyl halides is 3. The molecule has 0 spiro atoms. The van der Waals surface area contributed by atoms with Crippen molar-refractivity contribution in [3.05, 3.63) is 96.4 Å². The van der Waals surface area contributed by atoms with E-state index in [0.29, 0.717) is 33.3 Å². The Morgan fingerprint density at radius 1 is 1.02 bits per heavy atom. The molecule has 0 aromatic heterocycles. The zero-order chi connectivity index (χ0) is 29.2. The van der Waals surface area contributed by atoms with Gasteiger partial charge in [0.25, 0.3) is 11.1 Å². The number of amides is 2. The van der Waals surface area contributed by atoms with Crippen molar-refractivity contribution in [1.82, 2.24) is 4.90 Å². The summed E-state index contributed by atoms with van der Waals surface area (Å²) in [6, 6.07) is 11.0. The highest BCUT2D eigenvalue weighted by atomic mass is 35.5. The fourth-order valence-electron chi connectivity index (χ4n) is 3.62. The molecule has 3 aromatic carbocycles. The highest BCUT2D eigenvalue weighted by molar-refractivity contribution is 8.18. The number of ether oxygens (including phenoxy) is 2. The Kier molecular flexibility index (Phi) is 8.62. The van der Waals surface area contributed by atoms with E-state index in [1.165, 1.54) is 30.3 Å². The number of rotatable bonds is 8. The van der Waals surface area contributed by atoms with E-state index in [4.69, 9.17) is 32.7 Å². The topological polar surface area (TPSA) is 99.0 Å². The second kappa shape index (κ2) is 11.8. The Morgan fingerprint density at radius 3 is 2.40 bits per heavy atom. The molecule has 0 unspecified atom stereocenters. The number of hydrogen-bond donors (Lipinski definition) is 0. The molecule has 0 bridgehead atoms. The molecule has 1 aliphatic rings. The zero-order valence-electron chi connectivity index (χ0n) is 20.3. The SMILES string of the molecule is CCOc1cc(/C=C2/SC(=O)N(Cc3ccc(Cl)cc3Cl)C2=O)ccc1Oc1ccc(C(F)(F)F)cc1[N+](=O)[O-]. The van der Waals surface area contributed by atoms with Crippen LogP contribution in [0.1, 0.15) is 23.6 Å². The van der Waals surface area contributed by atoms with Crippen molar-refractivity contribution < 1.29 is 37.2 Å². The van der Waals surface area contributed by atoms with E-state index < -0.39 is 39.2 Å². The van der Waals surface area contributed by atoms with Crippen molar-refractivity contribution in [2.75, 3.05) is 6.61 Å². The van der Waals surface area contributed by atoms with Crippen LogP contribution in [0.4, 0.5) is 23.7 Å². The molecular formula is C26H17Cl2F3N2O6S. The summed E-state index contributed by atoms with van der Waals surface area (Å²) < 4.78 is 50.2. The van der Waals surface area contributed by atoms with Crippen LogP contribution in [0.2, 0.25) is 10.0 Å². The van der Waals surface area contributed by atoms with Crippen LogP contribution >= 0.6 is 35.0 Å². The quantitative estimate of drug-likeness (QED) is 0.143. The molecule has 1 aliphatic heterocycles. The number of nitrogens with zero attached hydrogens (tertiary/aromatic N) is 2. The molecule has 0 saturated carbocycles. The number of imide groups is 1. The van der Waals surface area contributed by atoms with E-state index in [-0.39, 0.29) is 29.6 Å². The van der Waals surface area contributed by atoms with Gasteiger partial charge in [0.05, 0.1) is 28.5 Å². The predicted molar refractivity (Wildman–Crippen MR) is 144 cm³/mol. The summed E-state index contributed by atoms with van der Waals surface area (Å²) in [5.74, 6) is -0.863. The molecule has 40 heavy (non-hydrogen) atoms. The second-order valence-corrected chi connectivity index (χ2v) is 10.0. The van der Waals surface area contributed by atoms with Crippen LogP contribution in [-0.2, 0) is 17.5 Å².